The fraction of sp³-hybridized carbons (Fsp3) is 0.417. The summed E-state index contributed by atoms with van der Waals surface area (Å²) in [6.45, 7) is 6.40. The van der Waals surface area contributed by atoms with Crippen LogP contribution in [-0.4, -0.2) is 61.7 Å². The molecule has 0 heterocycles. The molecule has 0 aromatic heterocycles. The number of hydrogen-bond donors (Lipinski definition) is 1. The molecule has 35 heavy (non-hydrogen) atoms. The number of nitrogens with zero attached hydrogens (tertiary/aromatic N) is 3. The predicted molar refractivity (Wildman–Crippen MR) is 138 cm³/mol. The Kier molecular flexibility index (Phi) is 9.43. The van der Waals surface area contributed by atoms with Gasteiger partial charge in [0.05, 0.1) is 5.69 Å². The van der Waals surface area contributed by atoms with Crippen molar-refractivity contribution < 1.29 is 22.4 Å². The van der Waals surface area contributed by atoms with Gasteiger partial charge in [0.15, 0.2) is 0 Å². The zero-order chi connectivity index (χ0) is 26.6. The van der Waals surface area contributed by atoms with Crippen LogP contribution in [0, 0.1) is 5.82 Å². The Bertz CT molecular complexity index is 1150. The molecular formula is C24H32BrFN4O4S. The second-order valence-electron chi connectivity index (χ2n) is 9.31. The first kappa shape index (κ1) is 28.7. The lowest BCUT2D eigenvalue weighted by Crippen LogP contribution is -2.55. The predicted octanol–water partition coefficient (Wildman–Crippen LogP) is 3.53. The zero-order valence-electron chi connectivity index (χ0n) is 20.7. The van der Waals surface area contributed by atoms with Gasteiger partial charge in [-0.3, -0.25) is 9.59 Å². The molecule has 0 aliphatic rings. The molecule has 0 aliphatic heterocycles. The molecule has 192 valence electrons. The minimum atomic E-state index is -4.22. The van der Waals surface area contributed by atoms with E-state index >= 15 is 0 Å². The van der Waals surface area contributed by atoms with Crippen molar-refractivity contribution in [2.75, 3.05) is 24.9 Å². The van der Waals surface area contributed by atoms with Gasteiger partial charge in [-0.05, 0) is 57.5 Å². The molecule has 0 saturated carbocycles. The molecule has 0 saturated heterocycles. The molecule has 1 unspecified atom stereocenters. The number of carbonyl (C=O) groups is 2. The Hall–Kier alpha value is -2.50. The van der Waals surface area contributed by atoms with Crippen molar-refractivity contribution in [1.82, 2.24) is 14.5 Å². The third kappa shape index (κ3) is 7.74. The van der Waals surface area contributed by atoms with Gasteiger partial charge in [-0.2, -0.15) is 12.7 Å². The monoisotopic (exact) mass is 570 g/mol. The van der Waals surface area contributed by atoms with E-state index in [4.69, 9.17) is 0 Å². The molecule has 2 rings (SSSR count). The third-order valence-electron chi connectivity index (χ3n) is 5.07. The maximum Gasteiger partial charge on any atom is 0.304 e. The quantitative estimate of drug-likeness (QED) is 0.499. The minimum Gasteiger partial charge on any atom is -0.350 e. The number of benzene rings is 2. The Balaban J connectivity index is 2.48. The highest BCUT2D eigenvalue weighted by Crippen LogP contribution is 2.24. The molecule has 0 radical (unpaired) electrons. The lowest BCUT2D eigenvalue weighted by Gasteiger charge is -2.34. The normalized spacial score (nSPS) is 12.8. The molecule has 0 aliphatic carbocycles. The largest absolute Gasteiger partial charge is 0.350 e. The Labute approximate surface area is 215 Å². The number of amides is 2. The summed E-state index contributed by atoms with van der Waals surface area (Å²) in [6, 6.07) is 11.6. The van der Waals surface area contributed by atoms with E-state index in [0.717, 1.165) is 20.4 Å². The van der Waals surface area contributed by atoms with Gasteiger partial charge in [0, 0.05) is 30.7 Å². The van der Waals surface area contributed by atoms with Crippen LogP contribution in [0.1, 0.15) is 33.3 Å². The van der Waals surface area contributed by atoms with Crippen LogP contribution >= 0.6 is 15.9 Å². The molecule has 8 nitrogen and oxygen atoms in total. The van der Waals surface area contributed by atoms with Crippen LogP contribution in [-0.2, 0) is 26.3 Å². The number of hydrogen-bond acceptors (Lipinski definition) is 4. The van der Waals surface area contributed by atoms with E-state index in [-0.39, 0.29) is 12.2 Å². The van der Waals surface area contributed by atoms with E-state index in [2.05, 4.69) is 21.2 Å². The maximum atomic E-state index is 14.6. The van der Waals surface area contributed by atoms with Gasteiger partial charge in [-0.25, -0.2) is 8.70 Å². The first-order valence-electron chi connectivity index (χ1n) is 10.9. The van der Waals surface area contributed by atoms with Crippen LogP contribution < -0.4 is 9.62 Å². The number of anilines is 1. The summed E-state index contributed by atoms with van der Waals surface area (Å²) in [5.41, 5.74) is -0.0553. The molecule has 0 bridgehead atoms. The highest BCUT2D eigenvalue weighted by atomic mass is 79.9. The van der Waals surface area contributed by atoms with Gasteiger partial charge < -0.3 is 10.2 Å². The van der Waals surface area contributed by atoms with Gasteiger partial charge >= 0.3 is 10.2 Å². The molecule has 0 spiro atoms. The van der Waals surface area contributed by atoms with Crippen molar-refractivity contribution in [2.24, 2.45) is 0 Å². The van der Waals surface area contributed by atoms with Crippen molar-refractivity contribution in [3.8, 4) is 0 Å². The number of nitrogens with one attached hydrogen (secondary N) is 1. The van der Waals surface area contributed by atoms with E-state index in [1.165, 1.54) is 37.2 Å². The average Bonchev–Trinajstić information content (AvgIpc) is 2.75. The van der Waals surface area contributed by atoms with Gasteiger partial charge in [0.1, 0.15) is 18.4 Å². The fourth-order valence-corrected chi connectivity index (χ4v) is 4.53. The molecule has 2 amide bonds. The minimum absolute atomic E-state index is 0.0535. The maximum absolute atomic E-state index is 14.6. The number of para-hydroxylation sites is 1. The number of rotatable bonds is 9. The lowest BCUT2D eigenvalue weighted by atomic mass is 10.1. The van der Waals surface area contributed by atoms with Crippen LogP contribution in [0.2, 0.25) is 0 Å². The third-order valence-corrected chi connectivity index (χ3v) is 7.41. The summed E-state index contributed by atoms with van der Waals surface area (Å²) in [6.07, 6.45) is 0. The van der Waals surface area contributed by atoms with Crippen molar-refractivity contribution in [1.29, 1.82) is 0 Å². The Morgan fingerprint density at radius 1 is 1.06 bits per heavy atom. The Morgan fingerprint density at radius 3 is 2.14 bits per heavy atom. The fourth-order valence-electron chi connectivity index (χ4n) is 3.20. The SMILES string of the molecule is CC(C(=O)NC(C)(C)C)N(Cc1ccc(Br)cc1)C(=O)CN(c1ccccc1F)S(=O)(=O)N(C)C. The summed E-state index contributed by atoms with van der Waals surface area (Å²) in [5.74, 6) is -1.84. The second-order valence-corrected chi connectivity index (χ2v) is 12.3. The van der Waals surface area contributed by atoms with Gasteiger partial charge in [-0.1, -0.05) is 40.2 Å². The summed E-state index contributed by atoms with van der Waals surface area (Å²) < 4.78 is 43.2. The van der Waals surface area contributed by atoms with Crippen LogP contribution in [0.5, 0.6) is 0 Å². The zero-order valence-corrected chi connectivity index (χ0v) is 23.2. The van der Waals surface area contributed by atoms with E-state index in [1.807, 2.05) is 20.8 Å². The molecule has 2 aromatic carbocycles. The summed E-state index contributed by atoms with van der Waals surface area (Å²) in [7, 11) is -1.63. The standard InChI is InChI=1S/C24H32BrFN4O4S/c1-17(23(32)27-24(2,3)4)29(15-18-11-13-19(25)14-12-18)22(31)16-30(35(33,34)28(5)6)21-10-8-7-9-20(21)26/h7-14,17H,15-16H2,1-6H3,(H,27,32). The van der Waals surface area contributed by atoms with Crippen molar-refractivity contribution in [3.05, 3.63) is 64.4 Å². The van der Waals surface area contributed by atoms with E-state index in [1.54, 1.807) is 31.2 Å². The molecule has 0 fully saturated rings. The van der Waals surface area contributed by atoms with Crippen LogP contribution in [0.15, 0.2) is 53.0 Å². The summed E-state index contributed by atoms with van der Waals surface area (Å²) in [4.78, 5) is 27.8. The molecule has 1 atom stereocenters. The van der Waals surface area contributed by atoms with Gasteiger partial charge in [-0.15, -0.1) is 0 Å². The highest BCUT2D eigenvalue weighted by molar-refractivity contribution is 9.10. The lowest BCUT2D eigenvalue weighted by molar-refractivity contribution is -0.140. The van der Waals surface area contributed by atoms with Crippen LogP contribution in [0.3, 0.4) is 0 Å². The van der Waals surface area contributed by atoms with Crippen molar-refractivity contribution >= 4 is 43.6 Å². The summed E-state index contributed by atoms with van der Waals surface area (Å²) >= 11 is 3.37. The number of halogens is 2. The topological polar surface area (TPSA) is 90.0 Å². The molecular weight excluding hydrogens is 539 g/mol. The first-order valence-corrected chi connectivity index (χ1v) is 13.1. The van der Waals surface area contributed by atoms with E-state index in [9.17, 15) is 22.4 Å². The smallest absolute Gasteiger partial charge is 0.304 e. The van der Waals surface area contributed by atoms with Gasteiger partial charge in [0.25, 0.3) is 0 Å². The second kappa shape index (κ2) is 11.5. The highest BCUT2D eigenvalue weighted by Gasteiger charge is 2.34. The van der Waals surface area contributed by atoms with E-state index in [0.29, 0.717) is 4.31 Å². The van der Waals surface area contributed by atoms with Crippen LogP contribution in [0.25, 0.3) is 0 Å². The van der Waals surface area contributed by atoms with Crippen molar-refractivity contribution in [3.63, 3.8) is 0 Å². The molecule has 1 N–H and O–H groups in total. The molecule has 11 heteroatoms. The average molecular weight is 572 g/mol. The van der Waals surface area contributed by atoms with Gasteiger partial charge in [0.2, 0.25) is 11.8 Å². The van der Waals surface area contributed by atoms with Crippen molar-refractivity contribution in [2.45, 2.75) is 45.8 Å². The number of carbonyl (C=O) groups excluding carboxylic acids is 2. The summed E-state index contributed by atoms with van der Waals surface area (Å²) in [5, 5.41) is 2.85. The van der Waals surface area contributed by atoms with Crippen LogP contribution in [0.4, 0.5) is 10.1 Å². The molecule has 2 aromatic rings. The first-order chi connectivity index (χ1) is 16.1. The van der Waals surface area contributed by atoms with E-state index < -0.39 is 46.0 Å². The Morgan fingerprint density at radius 2 is 1.63 bits per heavy atom.